The van der Waals surface area contributed by atoms with Crippen LogP contribution < -0.4 is 9.47 Å². The molecule has 2 aromatic heterocycles. The second-order valence-electron chi connectivity index (χ2n) is 13.3. The highest BCUT2D eigenvalue weighted by Gasteiger charge is 2.17. The van der Waals surface area contributed by atoms with Crippen LogP contribution in [0.1, 0.15) is 22.3 Å². The van der Waals surface area contributed by atoms with Gasteiger partial charge in [0.05, 0.1) is 47.0 Å². The summed E-state index contributed by atoms with van der Waals surface area (Å²) in [6.07, 6.45) is 5.79. The lowest BCUT2D eigenvalue weighted by atomic mass is 10.0. The summed E-state index contributed by atoms with van der Waals surface area (Å²) in [5.41, 5.74) is 6.65. The van der Waals surface area contributed by atoms with E-state index in [1.807, 2.05) is 89.8 Å². The molecule has 8 aromatic rings. The van der Waals surface area contributed by atoms with E-state index in [9.17, 15) is 29.5 Å². The minimum Gasteiger partial charge on any atom is -0.457 e. The van der Waals surface area contributed by atoms with E-state index in [2.05, 4.69) is 23.3 Å². The quantitative estimate of drug-likeness (QED) is 0.127. The molecule has 0 aliphatic rings. The van der Waals surface area contributed by atoms with E-state index in [1.165, 1.54) is 24.3 Å². The van der Waals surface area contributed by atoms with Crippen molar-refractivity contribution in [2.75, 3.05) is 6.61 Å². The Morgan fingerprint density at radius 1 is 0.603 bits per heavy atom. The third-order valence-electron chi connectivity index (χ3n) is 9.42. The van der Waals surface area contributed by atoms with E-state index in [4.69, 9.17) is 9.47 Å². The number of nitrogens with zero attached hydrogens (tertiary/aromatic N) is 4. The predicted octanol–water partition coefficient (Wildman–Crippen LogP) is 10.5. The van der Waals surface area contributed by atoms with Crippen molar-refractivity contribution in [3.8, 4) is 46.5 Å². The Bertz CT molecular complexity index is 2780. The van der Waals surface area contributed by atoms with Crippen LogP contribution in [0, 0.1) is 34.3 Å². The fourth-order valence-corrected chi connectivity index (χ4v) is 6.76. The van der Waals surface area contributed by atoms with Crippen molar-refractivity contribution < 1.29 is 28.5 Å². The summed E-state index contributed by atoms with van der Waals surface area (Å²) in [6.45, 7) is 3.47. The highest BCUT2D eigenvalue weighted by molar-refractivity contribution is 5.92. The van der Waals surface area contributed by atoms with E-state index >= 15 is 0 Å². The lowest BCUT2D eigenvalue weighted by Gasteiger charge is -2.09. The molecule has 8 nitrogen and oxygen atoms in total. The average Bonchev–Trinajstić information content (AvgIpc) is 3.82. The Morgan fingerprint density at radius 2 is 1.00 bits per heavy atom. The monoisotopic (exact) mass is 770 g/mol. The molecule has 286 valence electrons. The molecule has 2 N–H and O–H groups in total. The first kappa shape index (κ1) is 38.8. The first-order valence-electron chi connectivity index (χ1n) is 18.3. The molecule has 0 unspecified atom stereocenters. The van der Waals surface area contributed by atoms with Crippen molar-refractivity contribution in [3.05, 3.63) is 192 Å². The molecule has 10 heteroatoms. The van der Waals surface area contributed by atoms with E-state index in [0.29, 0.717) is 40.5 Å². The summed E-state index contributed by atoms with van der Waals surface area (Å²) in [7, 11) is 0. The number of hydrogen-bond donors (Lipinski definition) is 2. The predicted molar refractivity (Wildman–Crippen MR) is 220 cm³/mol. The number of allylic oxidation sites excluding steroid dienone is 1. The molecule has 0 bridgehead atoms. The van der Waals surface area contributed by atoms with Gasteiger partial charge in [0, 0.05) is 41.0 Å². The van der Waals surface area contributed by atoms with Crippen molar-refractivity contribution in [2.24, 2.45) is 0 Å². The molecule has 6 aromatic carbocycles. The van der Waals surface area contributed by atoms with Crippen LogP contribution in [0.2, 0.25) is 0 Å². The maximum Gasteiger partial charge on any atom is 0.127 e. The minimum absolute atomic E-state index is 0.241. The van der Waals surface area contributed by atoms with E-state index < -0.39 is 6.10 Å². The van der Waals surface area contributed by atoms with Crippen LogP contribution in [0.15, 0.2) is 159 Å². The molecule has 0 saturated heterocycles. The van der Waals surface area contributed by atoms with E-state index in [0.717, 1.165) is 44.3 Å². The lowest BCUT2D eigenvalue weighted by molar-refractivity contribution is 0.0957. The maximum atomic E-state index is 13.0. The summed E-state index contributed by atoms with van der Waals surface area (Å²) in [6, 6.07) is 42.4. The van der Waals surface area contributed by atoms with E-state index in [-0.39, 0.29) is 24.7 Å². The van der Waals surface area contributed by atoms with Crippen molar-refractivity contribution in [2.45, 2.75) is 18.9 Å². The Balaban J connectivity index is 0.000000177. The van der Waals surface area contributed by atoms with Crippen molar-refractivity contribution in [1.29, 1.82) is 10.5 Å². The molecule has 2 heterocycles. The Morgan fingerprint density at radius 3 is 1.40 bits per heavy atom. The average molecular weight is 771 g/mol. The number of aliphatic hydroxyl groups excluding tert-OH is 2. The lowest BCUT2D eigenvalue weighted by Crippen LogP contribution is -2.14. The van der Waals surface area contributed by atoms with Gasteiger partial charge < -0.3 is 28.8 Å². The number of halogens is 2. The number of aliphatic hydroxyl groups is 2. The molecule has 1 atom stereocenters. The highest BCUT2D eigenvalue weighted by Crippen LogP contribution is 2.32. The topological polar surface area (TPSA) is 116 Å². The molecule has 0 fully saturated rings. The van der Waals surface area contributed by atoms with Gasteiger partial charge in [0.25, 0.3) is 0 Å². The summed E-state index contributed by atoms with van der Waals surface area (Å²) >= 11 is 0. The summed E-state index contributed by atoms with van der Waals surface area (Å²) in [5.74, 6) is 1.76. The van der Waals surface area contributed by atoms with Gasteiger partial charge in [-0.1, -0.05) is 18.2 Å². The van der Waals surface area contributed by atoms with Crippen LogP contribution in [0.5, 0.6) is 23.0 Å². The SMILES string of the molecule is C=CCc1cn(-c2ccc(Oc3ccc(F)cc3)cc2)c2cccc(C#N)c12.N#Cc1cccc2c1c(C[C@H](O)CO)cn2-c1ccc(Oc2ccc(F)cc2)cc1. The van der Waals surface area contributed by atoms with Gasteiger partial charge in [-0.05, 0) is 139 Å². The first-order valence-corrected chi connectivity index (χ1v) is 18.3. The minimum atomic E-state index is -0.901. The Kier molecular flexibility index (Phi) is 11.7. The molecular weight excluding hydrogens is 735 g/mol. The van der Waals surface area contributed by atoms with Crippen molar-refractivity contribution in [3.63, 3.8) is 0 Å². The number of benzene rings is 6. The number of hydrogen-bond acceptors (Lipinski definition) is 6. The van der Waals surface area contributed by atoms with Gasteiger partial charge in [0.2, 0.25) is 0 Å². The highest BCUT2D eigenvalue weighted by atomic mass is 19.1. The second kappa shape index (κ2) is 17.5. The van der Waals surface area contributed by atoms with Gasteiger partial charge in [-0.15, -0.1) is 6.58 Å². The summed E-state index contributed by atoms with van der Waals surface area (Å²) < 4.78 is 41.6. The normalized spacial score (nSPS) is 11.3. The molecule has 58 heavy (non-hydrogen) atoms. The largest absolute Gasteiger partial charge is 0.457 e. The van der Waals surface area contributed by atoms with Gasteiger partial charge in [-0.2, -0.15) is 10.5 Å². The smallest absolute Gasteiger partial charge is 0.127 e. The number of rotatable bonds is 11. The fourth-order valence-electron chi connectivity index (χ4n) is 6.76. The number of ether oxygens (including phenoxy) is 2. The molecule has 8 rings (SSSR count). The molecule has 0 amide bonds. The van der Waals surface area contributed by atoms with Crippen molar-refractivity contribution >= 4 is 21.8 Å². The summed E-state index contributed by atoms with van der Waals surface area (Å²) in [4.78, 5) is 0. The second-order valence-corrected chi connectivity index (χ2v) is 13.3. The molecule has 0 spiro atoms. The molecule has 0 aliphatic heterocycles. The standard InChI is InChI=1S/C24H19FN2O3.C24H17FN2O/c25-18-4-8-21(9-5-18)30-22-10-6-19(7-11-22)27-14-17(12-20(29)15-28)24-16(13-26)2-1-3-23(24)27;1-2-4-18-16-27(23-6-3-5-17(15-26)24(18)23)20-9-13-22(14-10-20)28-21-11-7-19(25)8-12-21/h1-11,14,20,28-29H,12,15H2;2-3,5-14,16H,1,4H2/t20-;/m0./s1. The number of nitriles is 2. The first-order chi connectivity index (χ1) is 28.3. The zero-order chi connectivity index (χ0) is 40.6. The fraction of sp³-hybridized carbons (Fsp3) is 0.0833. The Hall–Kier alpha value is -7.50. The van der Waals surface area contributed by atoms with Gasteiger partial charge in [-0.3, -0.25) is 0 Å². The maximum absolute atomic E-state index is 13.0. The van der Waals surface area contributed by atoms with Crippen LogP contribution in [0.25, 0.3) is 33.2 Å². The van der Waals surface area contributed by atoms with Gasteiger partial charge in [0.1, 0.15) is 34.6 Å². The number of fused-ring (bicyclic) bond motifs is 2. The molecular formula is C48H36F2N4O4. The van der Waals surface area contributed by atoms with Crippen LogP contribution >= 0.6 is 0 Å². The van der Waals surface area contributed by atoms with Crippen LogP contribution in [0.4, 0.5) is 8.78 Å². The van der Waals surface area contributed by atoms with Crippen LogP contribution in [-0.4, -0.2) is 32.1 Å². The van der Waals surface area contributed by atoms with E-state index in [1.54, 1.807) is 42.5 Å². The number of aromatic nitrogens is 2. The zero-order valence-electron chi connectivity index (χ0n) is 31.1. The van der Waals surface area contributed by atoms with Gasteiger partial charge >= 0.3 is 0 Å². The third-order valence-corrected chi connectivity index (χ3v) is 9.42. The Labute approximate surface area is 333 Å². The van der Waals surface area contributed by atoms with Crippen LogP contribution in [0.3, 0.4) is 0 Å². The molecule has 0 radical (unpaired) electrons. The molecule has 0 saturated carbocycles. The molecule has 0 aliphatic carbocycles. The van der Waals surface area contributed by atoms with Crippen LogP contribution in [-0.2, 0) is 12.8 Å². The van der Waals surface area contributed by atoms with Crippen molar-refractivity contribution in [1.82, 2.24) is 9.13 Å². The summed E-state index contributed by atoms with van der Waals surface area (Å²) in [5, 5.41) is 39.9. The van der Waals surface area contributed by atoms with Gasteiger partial charge in [-0.25, -0.2) is 8.78 Å². The third kappa shape index (κ3) is 8.49. The van der Waals surface area contributed by atoms with Gasteiger partial charge in [0.15, 0.2) is 0 Å². The zero-order valence-corrected chi connectivity index (χ0v) is 31.1.